The van der Waals surface area contributed by atoms with Crippen molar-refractivity contribution in [1.29, 1.82) is 0 Å². The second-order valence-electron chi connectivity index (χ2n) is 3.66. The summed E-state index contributed by atoms with van der Waals surface area (Å²) in [5.74, 6) is -1.54. The van der Waals surface area contributed by atoms with E-state index in [0.29, 0.717) is 6.42 Å². The molecule has 1 rings (SSSR count). The van der Waals surface area contributed by atoms with Crippen molar-refractivity contribution in [2.45, 2.75) is 12.5 Å². The molecule has 2 N–H and O–H groups in total. The highest BCUT2D eigenvalue weighted by Gasteiger charge is 2.21. The lowest BCUT2D eigenvalue weighted by atomic mass is 9.93. The third kappa shape index (κ3) is 3.40. The highest BCUT2D eigenvalue weighted by Crippen LogP contribution is 2.13. The van der Waals surface area contributed by atoms with Crippen LogP contribution in [0.4, 0.5) is 4.39 Å². The van der Waals surface area contributed by atoms with Gasteiger partial charge in [0.15, 0.2) is 5.78 Å². The van der Waals surface area contributed by atoms with E-state index < -0.39 is 24.4 Å². The maximum Gasteiger partial charge on any atom is 0.186 e. The van der Waals surface area contributed by atoms with Crippen LogP contribution in [0.3, 0.4) is 0 Å². The Bertz CT molecular complexity index is 348. The van der Waals surface area contributed by atoms with Gasteiger partial charge in [0, 0.05) is 0 Å². The van der Waals surface area contributed by atoms with Gasteiger partial charge in [-0.05, 0) is 37.0 Å². The van der Waals surface area contributed by atoms with Crippen LogP contribution in [0.2, 0.25) is 0 Å². The maximum absolute atomic E-state index is 12.6. The van der Waals surface area contributed by atoms with E-state index in [4.69, 9.17) is 5.11 Å². The molecule has 1 radical (unpaired) electrons. The number of benzene rings is 1. The molecule has 3 nitrogen and oxygen atoms in total. The van der Waals surface area contributed by atoms with Gasteiger partial charge in [-0.3, -0.25) is 4.79 Å². The summed E-state index contributed by atoms with van der Waals surface area (Å²) in [4.78, 5) is 11.0. The Labute approximate surface area is 93.5 Å². The molecule has 0 spiro atoms. The van der Waals surface area contributed by atoms with Crippen LogP contribution >= 0.6 is 0 Å². The van der Waals surface area contributed by atoms with Crippen molar-refractivity contribution in [3.05, 3.63) is 42.6 Å². The van der Waals surface area contributed by atoms with Crippen LogP contribution in [0.1, 0.15) is 5.56 Å². The van der Waals surface area contributed by atoms with Crippen molar-refractivity contribution in [1.82, 2.24) is 0 Å². The van der Waals surface area contributed by atoms with Crippen LogP contribution in [0.5, 0.6) is 0 Å². The van der Waals surface area contributed by atoms with Gasteiger partial charge in [-0.2, -0.15) is 0 Å². The Morgan fingerprint density at radius 3 is 2.44 bits per heavy atom. The van der Waals surface area contributed by atoms with E-state index in [1.54, 1.807) is 12.1 Å². The molecular formula is C12H14FO3. The third-order valence-corrected chi connectivity index (χ3v) is 2.34. The molecule has 2 unspecified atom stereocenters. The number of carbonyl (C=O) groups excluding carboxylic acids is 1. The third-order valence-electron chi connectivity index (χ3n) is 2.34. The van der Waals surface area contributed by atoms with Crippen molar-refractivity contribution < 1.29 is 19.4 Å². The lowest BCUT2D eigenvalue weighted by Crippen LogP contribution is -2.31. The highest BCUT2D eigenvalue weighted by atomic mass is 19.1. The summed E-state index contributed by atoms with van der Waals surface area (Å²) in [6.07, 6.45) is -0.928. The molecule has 0 aliphatic heterocycles. The normalized spacial score (nSPS) is 14.5. The Balaban J connectivity index is 2.60. The minimum Gasteiger partial charge on any atom is -0.388 e. The zero-order chi connectivity index (χ0) is 12.1. The molecule has 0 aliphatic carbocycles. The van der Waals surface area contributed by atoms with Crippen LogP contribution in [0.15, 0.2) is 24.3 Å². The lowest BCUT2D eigenvalue weighted by Gasteiger charge is -2.16. The number of ketones is 1. The van der Waals surface area contributed by atoms with E-state index in [0.717, 1.165) is 5.56 Å². The summed E-state index contributed by atoms with van der Waals surface area (Å²) in [7, 11) is 0. The molecule has 0 saturated heterocycles. The second kappa shape index (κ2) is 5.72. The Kier molecular flexibility index (Phi) is 4.58. The lowest BCUT2D eigenvalue weighted by molar-refractivity contribution is -0.131. The minimum atomic E-state index is -1.28. The average Bonchev–Trinajstić information content (AvgIpc) is 2.30. The second-order valence-corrected chi connectivity index (χ2v) is 3.66. The fourth-order valence-corrected chi connectivity index (χ4v) is 1.39. The molecule has 1 aromatic carbocycles. The fourth-order valence-electron chi connectivity index (χ4n) is 1.39. The first-order chi connectivity index (χ1) is 7.54. The van der Waals surface area contributed by atoms with E-state index >= 15 is 0 Å². The SMILES string of the molecule is [CH2]C(Cc1ccc(F)cc1)C(O)C(=O)CO. The van der Waals surface area contributed by atoms with E-state index in [2.05, 4.69) is 6.92 Å². The van der Waals surface area contributed by atoms with Gasteiger partial charge in [-0.25, -0.2) is 4.39 Å². The summed E-state index contributed by atoms with van der Waals surface area (Å²) in [5.41, 5.74) is 0.784. The zero-order valence-electron chi connectivity index (χ0n) is 8.77. The molecule has 0 aromatic heterocycles. The van der Waals surface area contributed by atoms with Crippen LogP contribution in [-0.2, 0) is 11.2 Å². The van der Waals surface area contributed by atoms with Crippen LogP contribution < -0.4 is 0 Å². The number of halogens is 1. The first kappa shape index (κ1) is 12.8. The van der Waals surface area contributed by atoms with Crippen LogP contribution in [0.25, 0.3) is 0 Å². The fraction of sp³-hybridized carbons (Fsp3) is 0.333. The van der Waals surface area contributed by atoms with Crippen molar-refractivity contribution in [2.75, 3.05) is 6.61 Å². The van der Waals surface area contributed by atoms with Gasteiger partial charge in [-0.15, -0.1) is 0 Å². The number of aliphatic hydroxyl groups excluding tert-OH is 2. The Morgan fingerprint density at radius 2 is 1.94 bits per heavy atom. The smallest absolute Gasteiger partial charge is 0.186 e. The van der Waals surface area contributed by atoms with Crippen molar-refractivity contribution in [3.63, 3.8) is 0 Å². The molecule has 0 heterocycles. The van der Waals surface area contributed by atoms with E-state index in [1.165, 1.54) is 12.1 Å². The zero-order valence-corrected chi connectivity index (χ0v) is 8.77. The Hall–Kier alpha value is -1.26. The number of Topliss-reactive ketones (excluding diaryl/α,β-unsaturated/α-hetero) is 1. The summed E-state index contributed by atoms with van der Waals surface area (Å²) < 4.78 is 12.6. The minimum absolute atomic E-state index is 0.337. The largest absolute Gasteiger partial charge is 0.388 e. The molecule has 87 valence electrons. The van der Waals surface area contributed by atoms with Crippen molar-refractivity contribution in [2.24, 2.45) is 5.92 Å². The standard InChI is InChI=1S/C12H14FO3/c1-8(12(16)11(15)7-14)6-9-2-4-10(13)5-3-9/h2-5,8,12,14,16H,1,6-7H2. The number of rotatable bonds is 5. The number of aliphatic hydroxyl groups is 2. The van der Waals surface area contributed by atoms with Crippen molar-refractivity contribution in [3.8, 4) is 0 Å². The molecule has 0 aliphatic rings. The summed E-state index contributed by atoms with van der Waals surface area (Å²) in [6.45, 7) is 2.95. The molecule has 1 aromatic rings. The molecular weight excluding hydrogens is 211 g/mol. The number of carbonyl (C=O) groups is 1. The highest BCUT2D eigenvalue weighted by molar-refractivity contribution is 5.84. The van der Waals surface area contributed by atoms with Gasteiger partial charge in [0.1, 0.15) is 18.5 Å². The van der Waals surface area contributed by atoms with E-state index in [-0.39, 0.29) is 5.82 Å². The summed E-state index contributed by atoms with van der Waals surface area (Å²) >= 11 is 0. The van der Waals surface area contributed by atoms with E-state index in [9.17, 15) is 14.3 Å². The molecule has 16 heavy (non-hydrogen) atoms. The average molecular weight is 225 g/mol. The van der Waals surface area contributed by atoms with Gasteiger partial charge < -0.3 is 10.2 Å². The van der Waals surface area contributed by atoms with Gasteiger partial charge in [0.2, 0.25) is 0 Å². The molecule has 0 fully saturated rings. The quantitative estimate of drug-likeness (QED) is 0.777. The first-order valence-corrected chi connectivity index (χ1v) is 4.93. The summed E-state index contributed by atoms with van der Waals surface area (Å²) in [6, 6.07) is 5.76. The van der Waals surface area contributed by atoms with Gasteiger partial charge in [0.25, 0.3) is 0 Å². The van der Waals surface area contributed by atoms with Crippen LogP contribution in [-0.4, -0.2) is 28.7 Å². The van der Waals surface area contributed by atoms with Gasteiger partial charge in [0.05, 0.1) is 0 Å². The van der Waals surface area contributed by atoms with Gasteiger partial charge >= 0.3 is 0 Å². The first-order valence-electron chi connectivity index (χ1n) is 4.93. The molecule has 2 atom stereocenters. The molecule has 0 saturated carbocycles. The van der Waals surface area contributed by atoms with Crippen molar-refractivity contribution >= 4 is 5.78 Å². The Morgan fingerprint density at radius 1 is 1.38 bits per heavy atom. The monoisotopic (exact) mass is 225 g/mol. The molecule has 0 bridgehead atoms. The van der Waals surface area contributed by atoms with Gasteiger partial charge in [-0.1, -0.05) is 12.1 Å². The molecule has 0 amide bonds. The topological polar surface area (TPSA) is 57.5 Å². The van der Waals surface area contributed by atoms with Crippen LogP contribution in [0, 0.1) is 18.7 Å². The maximum atomic E-state index is 12.6. The summed E-state index contributed by atoms with van der Waals surface area (Å²) in [5, 5.41) is 18.0. The number of hydrogen-bond acceptors (Lipinski definition) is 3. The predicted octanol–water partition coefficient (Wildman–Crippen LogP) is 0.741. The predicted molar refractivity (Wildman–Crippen MR) is 57.1 cm³/mol. The van der Waals surface area contributed by atoms with E-state index in [1.807, 2.05) is 0 Å². The molecule has 4 heteroatoms. The number of hydrogen-bond donors (Lipinski definition) is 2.